The average molecular weight is 371 g/mol. The highest BCUT2D eigenvalue weighted by atomic mass is 35.5. The molecule has 1 amide bonds. The summed E-state index contributed by atoms with van der Waals surface area (Å²) >= 11 is 13.0. The molecule has 0 unspecified atom stereocenters. The number of benzene rings is 1. The van der Waals surface area contributed by atoms with Gasteiger partial charge >= 0.3 is 0 Å². The van der Waals surface area contributed by atoms with Crippen LogP contribution in [0.4, 0.5) is 0 Å². The zero-order chi connectivity index (χ0) is 16.4. The number of nitrogens with zero attached hydrogens (tertiary/aromatic N) is 1. The van der Waals surface area contributed by atoms with Crippen molar-refractivity contribution in [3.63, 3.8) is 0 Å². The lowest BCUT2D eigenvalue weighted by atomic mass is 9.87. The molecule has 1 aliphatic rings. The minimum Gasteiger partial charge on any atom is -0.496 e. The van der Waals surface area contributed by atoms with E-state index in [9.17, 15) is 4.79 Å². The van der Waals surface area contributed by atoms with Gasteiger partial charge in [-0.1, -0.05) is 54.2 Å². The van der Waals surface area contributed by atoms with E-state index in [1.807, 2.05) is 24.3 Å². The first kappa shape index (κ1) is 16.6. The van der Waals surface area contributed by atoms with Crippen LogP contribution < -0.4 is 10.1 Å². The molecule has 122 valence electrons. The van der Waals surface area contributed by atoms with E-state index in [-0.39, 0.29) is 16.6 Å². The van der Waals surface area contributed by atoms with E-state index < -0.39 is 5.54 Å². The molecule has 23 heavy (non-hydrogen) atoms. The van der Waals surface area contributed by atoms with Gasteiger partial charge in [0, 0.05) is 5.56 Å². The first-order valence-electron chi connectivity index (χ1n) is 7.34. The molecule has 1 aliphatic carbocycles. The molecule has 0 atom stereocenters. The molecule has 1 aromatic heterocycles. The Morgan fingerprint density at radius 1 is 1.30 bits per heavy atom. The van der Waals surface area contributed by atoms with Gasteiger partial charge in [-0.3, -0.25) is 4.79 Å². The van der Waals surface area contributed by atoms with E-state index in [0.717, 1.165) is 48.5 Å². The molecule has 3 rings (SSSR count). The summed E-state index contributed by atoms with van der Waals surface area (Å²) in [5, 5.41) is 3.35. The van der Waals surface area contributed by atoms with E-state index >= 15 is 0 Å². The van der Waals surface area contributed by atoms with Crippen molar-refractivity contribution in [1.82, 2.24) is 9.69 Å². The van der Waals surface area contributed by atoms with Gasteiger partial charge in [0.15, 0.2) is 5.69 Å². The van der Waals surface area contributed by atoms with Crippen molar-refractivity contribution in [1.29, 1.82) is 0 Å². The fourth-order valence-electron chi connectivity index (χ4n) is 3.16. The predicted octanol–water partition coefficient (Wildman–Crippen LogP) is 4.66. The molecule has 1 saturated carbocycles. The molecule has 0 bridgehead atoms. The summed E-state index contributed by atoms with van der Waals surface area (Å²) in [5.41, 5.74) is 0.719. The van der Waals surface area contributed by atoms with Crippen LogP contribution in [0.2, 0.25) is 9.36 Å². The molecule has 1 heterocycles. The minimum atomic E-state index is -0.455. The number of carbonyl (C=O) groups excluding carboxylic acids is 1. The van der Waals surface area contributed by atoms with Crippen LogP contribution in [0.25, 0.3) is 0 Å². The number of hydrogen-bond acceptors (Lipinski definition) is 4. The predicted molar refractivity (Wildman–Crippen MR) is 92.7 cm³/mol. The van der Waals surface area contributed by atoms with E-state index in [0.29, 0.717) is 4.34 Å². The highest BCUT2D eigenvalue weighted by molar-refractivity contribution is 7.11. The lowest BCUT2D eigenvalue weighted by Crippen LogP contribution is -2.44. The standard InChI is InChI=1S/C16H16Cl2N2O2S/c1-22-11-7-3-2-6-10(11)16(8-4-5-9-16)19-15(21)13-12(17)14(18)23-20-13/h2-3,6-7H,4-5,8-9H2,1H3,(H,19,21). The molecule has 7 heteroatoms. The fraction of sp³-hybridized carbons (Fsp3) is 0.375. The van der Waals surface area contributed by atoms with Gasteiger partial charge in [0.25, 0.3) is 5.91 Å². The Kier molecular flexibility index (Phi) is 4.80. The largest absolute Gasteiger partial charge is 0.496 e. The second-order valence-corrected chi connectivity index (χ2v) is 7.32. The number of methoxy groups -OCH3 is 1. The molecular weight excluding hydrogens is 355 g/mol. The molecule has 0 saturated heterocycles. The third kappa shape index (κ3) is 3.05. The van der Waals surface area contributed by atoms with Crippen LogP contribution in [0.5, 0.6) is 5.75 Å². The van der Waals surface area contributed by atoms with E-state index in [1.54, 1.807) is 7.11 Å². The zero-order valence-corrected chi connectivity index (χ0v) is 14.9. The van der Waals surface area contributed by atoms with Crippen molar-refractivity contribution in [3.8, 4) is 5.75 Å². The van der Waals surface area contributed by atoms with Crippen LogP contribution >= 0.6 is 34.7 Å². The third-order valence-corrected chi connectivity index (χ3v) is 5.86. The number of aromatic nitrogens is 1. The second-order valence-electron chi connectivity index (χ2n) is 5.56. The Morgan fingerprint density at radius 2 is 2.00 bits per heavy atom. The van der Waals surface area contributed by atoms with Gasteiger partial charge in [-0.05, 0) is 30.4 Å². The Labute approximate surface area is 148 Å². The van der Waals surface area contributed by atoms with Gasteiger partial charge in [0.05, 0.1) is 12.6 Å². The lowest BCUT2D eigenvalue weighted by molar-refractivity contribution is 0.0893. The minimum absolute atomic E-state index is 0.183. The Bertz CT molecular complexity index is 727. The number of amides is 1. The van der Waals surface area contributed by atoms with Gasteiger partial charge in [0.1, 0.15) is 15.1 Å². The molecule has 1 N–H and O–H groups in total. The van der Waals surface area contributed by atoms with Crippen molar-refractivity contribution in [2.45, 2.75) is 31.2 Å². The van der Waals surface area contributed by atoms with Crippen LogP contribution in [0, 0.1) is 0 Å². The zero-order valence-electron chi connectivity index (χ0n) is 12.6. The van der Waals surface area contributed by atoms with Crippen LogP contribution in [0.3, 0.4) is 0 Å². The summed E-state index contributed by atoms with van der Waals surface area (Å²) in [6, 6.07) is 7.79. The van der Waals surface area contributed by atoms with E-state index in [1.165, 1.54) is 0 Å². The highest BCUT2D eigenvalue weighted by Gasteiger charge is 2.40. The topological polar surface area (TPSA) is 51.2 Å². The Balaban J connectivity index is 1.96. The smallest absolute Gasteiger partial charge is 0.273 e. The van der Waals surface area contributed by atoms with Crippen molar-refractivity contribution < 1.29 is 9.53 Å². The van der Waals surface area contributed by atoms with Crippen molar-refractivity contribution >= 4 is 40.6 Å². The van der Waals surface area contributed by atoms with E-state index in [4.69, 9.17) is 27.9 Å². The maximum absolute atomic E-state index is 12.7. The number of para-hydroxylation sites is 1. The van der Waals surface area contributed by atoms with Gasteiger partial charge in [0.2, 0.25) is 0 Å². The second kappa shape index (κ2) is 6.67. The molecule has 4 nitrogen and oxygen atoms in total. The van der Waals surface area contributed by atoms with Crippen LogP contribution in [0.15, 0.2) is 24.3 Å². The third-order valence-electron chi connectivity index (χ3n) is 4.25. The quantitative estimate of drug-likeness (QED) is 0.851. The normalized spacial score (nSPS) is 16.3. The number of carbonyl (C=O) groups is 1. The van der Waals surface area contributed by atoms with Crippen LogP contribution in [-0.4, -0.2) is 17.4 Å². The average Bonchev–Trinajstić information content (AvgIpc) is 3.16. The van der Waals surface area contributed by atoms with E-state index in [2.05, 4.69) is 9.69 Å². The summed E-state index contributed by atoms with van der Waals surface area (Å²) in [6.45, 7) is 0. The first-order valence-corrected chi connectivity index (χ1v) is 8.87. The monoisotopic (exact) mass is 370 g/mol. The number of hydrogen-bond donors (Lipinski definition) is 1. The van der Waals surface area contributed by atoms with Gasteiger partial charge in [-0.15, -0.1) is 0 Å². The van der Waals surface area contributed by atoms with Crippen molar-refractivity contribution in [2.75, 3.05) is 7.11 Å². The summed E-state index contributed by atoms with van der Waals surface area (Å²) in [7, 11) is 1.64. The number of rotatable bonds is 4. The summed E-state index contributed by atoms with van der Waals surface area (Å²) < 4.78 is 9.87. The van der Waals surface area contributed by atoms with Crippen molar-refractivity contribution in [3.05, 3.63) is 44.9 Å². The number of halogens is 2. The lowest BCUT2D eigenvalue weighted by Gasteiger charge is -2.32. The maximum Gasteiger partial charge on any atom is 0.273 e. The summed E-state index contributed by atoms with van der Waals surface area (Å²) in [5.74, 6) is 0.475. The maximum atomic E-state index is 12.7. The van der Waals surface area contributed by atoms with Gasteiger partial charge < -0.3 is 10.1 Å². The number of ether oxygens (including phenoxy) is 1. The molecule has 1 aromatic carbocycles. The molecule has 0 aliphatic heterocycles. The highest BCUT2D eigenvalue weighted by Crippen LogP contribution is 2.43. The fourth-order valence-corrected chi connectivity index (χ4v) is 4.15. The number of nitrogens with one attached hydrogen (secondary N) is 1. The Morgan fingerprint density at radius 3 is 2.61 bits per heavy atom. The molecule has 0 radical (unpaired) electrons. The summed E-state index contributed by atoms with van der Waals surface area (Å²) in [4.78, 5) is 12.7. The Hall–Kier alpha value is -1.30. The molecule has 1 fully saturated rings. The molecule has 2 aromatic rings. The van der Waals surface area contributed by atoms with Gasteiger partial charge in [-0.2, -0.15) is 4.37 Å². The molecular formula is C16H16Cl2N2O2S. The molecule has 0 spiro atoms. The SMILES string of the molecule is COc1ccccc1C1(NC(=O)c2nsc(Cl)c2Cl)CCCC1. The summed E-state index contributed by atoms with van der Waals surface area (Å²) in [6.07, 6.45) is 3.80. The van der Waals surface area contributed by atoms with Crippen LogP contribution in [-0.2, 0) is 5.54 Å². The van der Waals surface area contributed by atoms with Crippen LogP contribution in [0.1, 0.15) is 41.7 Å². The van der Waals surface area contributed by atoms with Gasteiger partial charge in [-0.25, -0.2) is 0 Å². The first-order chi connectivity index (χ1) is 11.1. The van der Waals surface area contributed by atoms with Crippen molar-refractivity contribution in [2.24, 2.45) is 0 Å².